The Balaban J connectivity index is 2.34. The molecule has 4 heteroatoms. The van der Waals surface area contributed by atoms with Gasteiger partial charge in [0.2, 0.25) is 0 Å². The standard InChI is InChI=1S/C13H16BrNS2/c1-4-15-13(11-6-5-8(2)16-11)12-7-10(14)9(3)17-12/h5-7,13,15H,4H2,1-3H3. The molecule has 0 aromatic carbocycles. The Kier molecular flexibility index (Phi) is 4.42. The first kappa shape index (κ1) is 13.3. The van der Waals surface area contributed by atoms with E-state index in [9.17, 15) is 0 Å². The normalized spacial score (nSPS) is 12.9. The lowest BCUT2D eigenvalue weighted by Gasteiger charge is -2.14. The molecule has 1 atom stereocenters. The van der Waals surface area contributed by atoms with Gasteiger partial charge in [-0.25, -0.2) is 0 Å². The summed E-state index contributed by atoms with van der Waals surface area (Å²) in [7, 11) is 0. The third-order valence-electron chi connectivity index (χ3n) is 2.61. The highest BCUT2D eigenvalue weighted by molar-refractivity contribution is 9.10. The van der Waals surface area contributed by atoms with Gasteiger partial charge in [0.1, 0.15) is 0 Å². The van der Waals surface area contributed by atoms with Crippen molar-refractivity contribution >= 4 is 38.6 Å². The number of nitrogens with one attached hydrogen (secondary N) is 1. The molecule has 0 aliphatic heterocycles. The van der Waals surface area contributed by atoms with Crippen LogP contribution in [0.1, 0.15) is 32.5 Å². The van der Waals surface area contributed by atoms with Gasteiger partial charge >= 0.3 is 0 Å². The number of aryl methyl sites for hydroxylation is 2. The Labute approximate surface area is 119 Å². The van der Waals surface area contributed by atoms with Crippen molar-refractivity contribution in [2.45, 2.75) is 26.8 Å². The summed E-state index contributed by atoms with van der Waals surface area (Å²) in [6.45, 7) is 7.45. The number of hydrogen-bond acceptors (Lipinski definition) is 3. The number of thiophene rings is 2. The predicted molar refractivity (Wildman–Crippen MR) is 81.3 cm³/mol. The van der Waals surface area contributed by atoms with Gasteiger partial charge < -0.3 is 5.32 Å². The molecule has 2 rings (SSSR count). The number of rotatable bonds is 4. The van der Waals surface area contributed by atoms with Gasteiger partial charge in [0, 0.05) is 24.0 Å². The second kappa shape index (κ2) is 5.65. The van der Waals surface area contributed by atoms with Crippen molar-refractivity contribution in [3.63, 3.8) is 0 Å². The topological polar surface area (TPSA) is 12.0 Å². The fourth-order valence-electron chi connectivity index (χ4n) is 1.78. The van der Waals surface area contributed by atoms with Crippen LogP contribution in [-0.4, -0.2) is 6.54 Å². The first-order valence-corrected chi connectivity index (χ1v) is 8.10. The van der Waals surface area contributed by atoms with Crippen LogP contribution >= 0.6 is 38.6 Å². The maximum Gasteiger partial charge on any atom is 0.0765 e. The molecule has 0 fully saturated rings. The summed E-state index contributed by atoms with van der Waals surface area (Å²) in [4.78, 5) is 5.50. The molecule has 92 valence electrons. The van der Waals surface area contributed by atoms with Crippen LogP contribution < -0.4 is 5.32 Å². The van der Waals surface area contributed by atoms with Gasteiger partial charge in [-0.2, -0.15) is 0 Å². The van der Waals surface area contributed by atoms with Crippen LogP contribution in [0, 0.1) is 13.8 Å². The molecule has 0 bridgehead atoms. The van der Waals surface area contributed by atoms with Crippen molar-refractivity contribution in [3.8, 4) is 0 Å². The van der Waals surface area contributed by atoms with Crippen molar-refractivity contribution < 1.29 is 0 Å². The molecule has 1 N–H and O–H groups in total. The van der Waals surface area contributed by atoms with Gasteiger partial charge in [-0.1, -0.05) is 6.92 Å². The molecule has 2 aromatic heterocycles. The maximum absolute atomic E-state index is 3.60. The average Bonchev–Trinajstić information content (AvgIpc) is 2.83. The summed E-state index contributed by atoms with van der Waals surface area (Å²) in [5, 5.41) is 3.57. The number of hydrogen-bond donors (Lipinski definition) is 1. The van der Waals surface area contributed by atoms with Crippen LogP contribution in [0.15, 0.2) is 22.7 Å². The smallest absolute Gasteiger partial charge is 0.0765 e. The quantitative estimate of drug-likeness (QED) is 0.842. The van der Waals surface area contributed by atoms with Gasteiger partial charge in [-0.15, -0.1) is 22.7 Å². The highest BCUT2D eigenvalue weighted by atomic mass is 79.9. The minimum atomic E-state index is 0.341. The van der Waals surface area contributed by atoms with Crippen molar-refractivity contribution in [2.75, 3.05) is 6.54 Å². The molecule has 0 saturated heterocycles. The molecule has 0 saturated carbocycles. The minimum absolute atomic E-state index is 0.341. The third-order valence-corrected chi connectivity index (χ3v) is 5.88. The van der Waals surface area contributed by atoms with E-state index in [1.807, 2.05) is 22.7 Å². The van der Waals surface area contributed by atoms with Crippen molar-refractivity contribution in [3.05, 3.63) is 42.2 Å². The van der Waals surface area contributed by atoms with Crippen LogP contribution in [0.3, 0.4) is 0 Å². The predicted octanol–water partition coefficient (Wildman–Crippen LogP) is 4.89. The molecule has 0 spiro atoms. The Hall–Kier alpha value is -0.160. The Morgan fingerprint density at radius 3 is 2.47 bits per heavy atom. The van der Waals surface area contributed by atoms with E-state index in [1.165, 1.54) is 24.0 Å². The average molecular weight is 330 g/mol. The molecular formula is C13H16BrNS2. The second-order valence-electron chi connectivity index (χ2n) is 3.99. The first-order valence-electron chi connectivity index (χ1n) is 5.67. The van der Waals surface area contributed by atoms with E-state index in [1.54, 1.807) is 0 Å². The summed E-state index contributed by atoms with van der Waals surface area (Å²) < 4.78 is 1.22. The fourth-order valence-corrected chi connectivity index (χ4v) is 4.48. The largest absolute Gasteiger partial charge is 0.305 e. The van der Waals surface area contributed by atoms with Gasteiger partial charge in [-0.05, 0) is 54.5 Å². The van der Waals surface area contributed by atoms with E-state index >= 15 is 0 Å². The zero-order valence-corrected chi connectivity index (χ0v) is 13.4. The van der Waals surface area contributed by atoms with Gasteiger partial charge in [0.15, 0.2) is 0 Å². The number of halogens is 1. The van der Waals surface area contributed by atoms with Crippen molar-refractivity contribution in [1.29, 1.82) is 0 Å². The van der Waals surface area contributed by atoms with E-state index in [0.717, 1.165) is 6.54 Å². The molecular weight excluding hydrogens is 314 g/mol. The van der Waals surface area contributed by atoms with E-state index in [0.29, 0.717) is 6.04 Å². The SMILES string of the molecule is CCNC(c1ccc(C)s1)c1cc(Br)c(C)s1. The van der Waals surface area contributed by atoms with E-state index < -0.39 is 0 Å². The summed E-state index contributed by atoms with van der Waals surface area (Å²) in [5.41, 5.74) is 0. The van der Waals surface area contributed by atoms with E-state index in [2.05, 4.69) is 60.2 Å². The lowest BCUT2D eigenvalue weighted by Crippen LogP contribution is -2.20. The van der Waals surface area contributed by atoms with Gasteiger partial charge in [0.05, 0.1) is 6.04 Å². The lowest BCUT2D eigenvalue weighted by atomic mass is 10.2. The molecule has 1 unspecified atom stereocenters. The summed E-state index contributed by atoms with van der Waals surface area (Å²) >= 11 is 7.34. The second-order valence-corrected chi connectivity index (χ2v) is 7.45. The summed E-state index contributed by atoms with van der Waals surface area (Å²) in [5.74, 6) is 0. The highest BCUT2D eigenvalue weighted by Crippen LogP contribution is 2.35. The minimum Gasteiger partial charge on any atom is -0.305 e. The molecule has 17 heavy (non-hydrogen) atoms. The molecule has 0 radical (unpaired) electrons. The summed E-state index contributed by atoms with van der Waals surface area (Å²) in [6.07, 6.45) is 0. The molecule has 0 amide bonds. The van der Waals surface area contributed by atoms with E-state index in [-0.39, 0.29) is 0 Å². The highest BCUT2D eigenvalue weighted by Gasteiger charge is 2.17. The molecule has 0 aliphatic rings. The van der Waals surface area contributed by atoms with Crippen LogP contribution in [0.4, 0.5) is 0 Å². The Bertz CT molecular complexity index is 482. The van der Waals surface area contributed by atoms with E-state index in [4.69, 9.17) is 0 Å². The summed E-state index contributed by atoms with van der Waals surface area (Å²) in [6, 6.07) is 7.01. The first-order chi connectivity index (χ1) is 8.11. The molecule has 1 nitrogen and oxygen atoms in total. The Morgan fingerprint density at radius 2 is 2.00 bits per heavy atom. The van der Waals surface area contributed by atoms with Gasteiger partial charge in [-0.3, -0.25) is 0 Å². The monoisotopic (exact) mass is 329 g/mol. The van der Waals surface area contributed by atoms with Crippen molar-refractivity contribution in [2.24, 2.45) is 0 Å². The molecule has 2 heterocycles. The zero-order valence-electron chi connectivity index (χ0n) is 10.2. The fraction of sp³-hybridized carbons (Fsp3) is 0.385. The van der Waals surface area contributed by atoms with Crippen LogP contribution in [-0.2, 0) is 0 Å². The van der Waals surface area contributed by atoms with Crippen molar-refractivity contribution in [1.82, 2.24) is 5.32 Å². The van der Waals surface area contributed by atoms with Gasteiger partial charge in [0.25, 0.3) is 0 Å². The molecule has 0 aliphatic carbocycles. The molecule has 2 aromatic rings. The zero-order chi connectivity index (χ0) is 12.4. The maximum atomic E-state index is 3.60. The van der Waals surface area contributed by atoms with Crippen LogP contribution in [0.5, 0.6) is 0 Å². The third kappa shape index (κ3) is 2.99. The lowest BCUT2D eigenvalue weighted by molar-refractivity contribution is 0.648. The Morgan fingerprint density at radius 1 is 1.24 bits per heavy atom. The van der Waals surface area contributed by atoms with Crippen LogP contribution in [0.2, 0.25) is 0 Å². The van der Waals surface area contributed by atoms with Crippen LogP contribution in [0.25, 0.3) is 0 Å².